The van der Waals surface area contributed by atoms with E-state index < -0.39 is 0 Å². The fraction of sp³-hybridized carbons (Fsp3) is 0.545. The molecule has 0 unspecified atom stereocenters. The van der Waals surface area contributed by atoms with Crippen molar-refractivity contribution in [2.45, 2.75) is 26.3 Å². The van der Waals surface area contributed by atoms with Crippen LogP contribution in [-0.2, 0) is 11.2 Å². The van der Waals surface area contributed by atoms with Crippen LogP contribution in [0, 0.1) is 0 Å². The van der Waals surface area contributed by atoms with E-state index in [9.17, 15) is 4.79 Å². The lowest BCUT2D eigenvalue weighted by molar-refractivity contribution is -0.119. The first kappa shape index (κ1) is 12.2. The summed E-state index contributed by atoms with van der Waals surface area (Å²) in [4.78, 5) is 14.3. The normalized spacial score (nSPS) is 11.2. The molecular weight excluding hydrogens is 208 g/mol. The van der Waals surface area contributed by atoms with E-state index in [4.69, 9.17) is 5.73 Å². The monoisotopic (exact) mass is 226 g/mol. The van der Waals surface area contributed by atoms with Crippen molar-refractivity contribution in [1.82, 2.24) is 4.90 Å². The van der Waals surface area contributed by atoms with Crippen molar-refractivity contribution in [3.8, 4) is 0 Å². The quantitative estimate of drug-likeness (QED) is 0.798. The van der Waals surface area contributed by atoms with Gasteiger partial charge in [0, 0.05) is 17.5 Å². The van der Waals surface area contributed by atoms with Crippen LogP contribution in [0.15, 0.2) is 17.5 Å². The zero-order chi connectivity index (χ0) is 11.3. The maximum Gasteiger partial charge on any atom is 0.231 e. The van der Waals surface area contributed by atoms with Crippen LogP contribution < -0.4 is 5.73 Å². The van der Waals surface area contributed by atoms with Crippen LogP contribution in [0.25, 0.3) is 0 Å². The summed E-state index contributed by atoms with van der Waals surface area (Å²) < 4.78 is 0. The minimum atomic E-state index is -0.255. The van der Waals surface area contributed by atoms with Crippen LogP contribution in [0.4, 0.5) is 0 Å². The van der Waals surface area contributed by atoms with E-state index in [1.165, 1.54) is 4.88 Å². The summed E-state index contributed by atoms with van der Waals surface area (Å²) in [6.45, 7) is 5.40. The van der Waals surface area contributed by atoms with Gasteiger partial charge >= 0.3 is 0 Å². The Bertz CT molecular complexity index is 296. The first-order chi connectivity index (χ1) is 7.09. The highest BCUT2D eigenvalue weighted by Crippen LogP contribution is 2.10. The van der Waals surface area contributed by atoms with Gasteiger partial charge in [0.25, 0.3) is 0 Å². The van der Waals surface area contributed by atoms with Gasteiger partial charge < -0.3 is 5.73 Å². The zero-order valence-corrected chi connectivity index (χ0v) is 10.1. The summed E-state index contributed by atoms with van der Waals surface area (Å²) in [5, 5.41) is 2.07. The molecule has 0 aliphatic heterocycles. The largest absolute Gasteiger partial charge is 0.369 e. The summed E-state index contributed by atoms with van der Waals surface area (Å²) in [6.07, 6.45) is 0.989. The average molecular weight is 226 g/mol. The Labute approximate surface area is 94.9 Å². The summed E-state index contributed by atoms with van der Waals surface area (Å²) >= 11 is 1.75. The highest BCUT2D eigenvalue weighted by Gasteiger charge is 2.11. The van der Waals surface area contributed by atoms with E-state index in [0.717, 1.165) is 13.0 Å². The van der Waals surface area contributed by atoms with Crippen LogP contribution in [-0.4, -0.2) is 29.9 Å². The number of amides is 1. The molecule has 0 radical (unpaired) electrons. The smallest absolute Gasteiger partial charge is 0.231 e. The SMILES string of the molecule is CC(C)N(CCc1cccs1)CC(N)=O. The number of carbonyl (C=O) groups excluding carboxylic acids is 1. The number of rotatable bonds is 6. The van der Waals surface area contributed by atoms with Gasteiger partial charge in [0.2, 0.25) is 5.91 Å². The molecule has 0 saturated heterocycles. The van der Waals surface area contributed by atoms with E-state index in [0.29, 0.717) is 12.6 Å². The molecule has 84 valence electrons. The van der Waals surface area contributed by atoms with E-state index in [2.05, 4.69) is 30.2 Å². The Hall–Kier alpha value is -0.870. The molecule has 1 rings (SSSR count). The van der Waals surface area contributed by atoms with Crippen molar-refractivity contribution in [2.24, 2.45) is 5.73 Å². The maximum atomic E-state index is 10.9. The van der Waals surface area contributed by atoms with Gasteiger partial charge in [-0.3, -0.25) is 9.69 Å². The van der Waals surface area contributed by atoms with Gasteiger partial charge in [0.05, 0.1) is 6.54 Å². The minimum Gasteiger partial charge on any atom is -0.369 e. The van der Waals surface area contributed by atoms with Gasteiger partial charge in [-0.05, 0) is 31.7 Å². The second kappa shape index (κ2) is 5.88. The third-order valence-corrected chi connectivity index (χ3v) is 3.25. The van der Waals surface area contributed by atoms with Crippen molar-refractivity contribution in [3.05, 3.63) is 22.4 Å². The number of nitrogens with two attached hydrogens (primary N) is 1. The van der Waals surface area contributed by atoms with E-state index in [1.54, 1.807) is 11.3 Å². The third-order valence-electron chi connectivity index (χ3n) is 2.31. The second-order valence-electron chi connectivity index (χ2n) is 3.86. The van der Waals surface area contributed by atoms with Crippen molar-refractivity contribution in [2.75, 3.05) is 13.1 Å². The first-order valence-electron chi connectivity index (χ1n) is 5.14. The number of thiophene rings is 1. The molecule has 1 aromatic heterocycles. The summed E-state index contributed by atoms with van der Waals surface area (Å²) in [6, 6.07) is 4.53. The minimum absolute atomic E-state index is 0.255. The molecule has 0 spiro atoms. The average Bonchev–Trinajstić information content (AvgIpc) is 2.63. The molecule has 0 saturated carbocycles. The first-order valence-corrected chi connectivity index (χ1v) is 6.02. The number of hydrogen-bond donors (Lipinski definition) is 1. The van der Waals surface area contributed by atoms with Gasteiger partial charge in [-0.25, -0.2) is 0 Å². The lowest BCUT2D eigenvalue weighted by Crippen LogP contribution is -2.39. The molecule has 4 heteroatoms. The molecule has 0 fully saturated rings. The second-order valence-corrected chi connectivity index (χ2v) is 4.89. The summed E-state index contributed by atoms with van der Waals surface area (Å²) in [5.74, 6) is -0.255. The molecule has 1 aromatic rings. The van der Waals surface area contributed by atoms with Gasteiger partial charge in [-0.1, -0.05) is 6.07 Å². The molecule has 1 amide bonds. The Kier molecular flexibility index (Phi) is 4.78. The van der Waals surface area contributed by atoms with Crippen LogP contribution in [0.2, 0.25) is 0 Å². The van der Waals surface area contributed by atoms with E-state index >= 15 is 0 Å². The molecule has 2 N–H and O–H groups in total. The van der Waals surface area contributed by atoms with Crippen LogP contribution >= 0.6 is 11.3 Å². The van der Waals surface area contributed by atoms with Crippen molar-refractivity contribution in [1.29, 1.82) is 0 Å². The molecule has 0 atom stereocenters. The maximum absolute atomic E-state index is 10.9. The lowest BCUT2D eigenvalue weighted by atomic mass is 10.2. The Morgan fingerprint density at radius 1 is 1.60 bits per heavy atom. The van der Waals surface area contributed by atoms with Crippen molar-refractivity contribution in [3.63, 3.8) is 0 Å². The van der Waals surface area contributed by atoms with Crippen molar-refractivity contribution >= 4 is 17.2 Å². The Balaban J connectivity index is 2.41. The van der Waals surface area contributed by atoms with Gasteiger partial charge in [0.1, 0.15) is 0 Å². The van der Waals surface area contributed by atoms with E-state index in [-0.39, 0.29) is 5.91 Å². The number of hydrogen-bond acceptors (Lipinski definition) is 3. The molecule has 15 heavy (non-hydrogen) atoms. The van der Waals surface area contributed by atoms with Crippen LogP contribution in [0.3, 0.4) is 0 Å². The molecule has 3 nitrogen and oxygen atoms in total. The number of nitrogens with zero attached hydrogens (tertiary/aromatic N) is 1. The fourth-order valence-corrected chi connectivity index (χ4v) is 2.13. The fourth-order valence-electron chi connectivity index (χ4n) is 1.43. The highest BCUT2D eigenvalue weighted by atomic mass is 32.1. The topological polar surface area (TPSA) is 46.3 Å². The molecule has 0 aliphatic carbocycles. The lowest BCUT2D eigenvalue weighted by Gasteiger charge is -2.24. The highest BCUT2D eigenvalue weighted by molar-refractivity contribution is 7.09. The predicted octanol–water partition coefficient (Wildman–Crippen LogP) is 1.49. The summed E-state index contributed by atoms with van der Waals surface area (Å²) in [7, 11) is 0. The zero-order valence-electron chi connectivity index (χ0n) is 9.27. The Morgan fingerprint density at radius 3 is 2.80 bits per heavy atom. The van der Waals surface area contributed by atoms with E-state index in [1.807, 2.05) is 6.07 Å². The van der Waals surface area contributed by atoms with Crippen molar-refractivity contribution < 1.29 is 4.79 Å². The predicted molar refractivity (Wildman–Crippen MR) is 63.9 cm³/mol. The molecule has 0 aromatic carbocycles. The van der Waals surface area contributed by atoms with Gasteiger partial charge in [0.15, 0.2) is 0 Å². The van der Waals surface area contributed by atoms with Crippen LogP contribution in [0.1, 0.15) is 18.7 Å². The number of carbonyl (C=O) groups is 1. The summed E-state index contributed by atoms with van der Waals surface area (Å²) in [5.41, 5.74) is 5.20. The van der Waals surface area contributed by atoms with Crippen LogP contribution in [0.5, 0.6) is 0 Å². The van der Waals surface area contributed by atoms with Gasteiger partial charge in [-0.15, -0.1) is 11.3 Å². The van der Waals surface area contributed by atoms with Gasteiger partial charge in [-0.2, -0.15) is 0 Å². The molecular formula is C11H18N2OS. The standard InChI is InChI=1S/C11H18N2OS/c1-9(2)13(8-11(12)14)6-5-10-4-3-7-15-10/h3-4,7,9H,5-6,8H2,1-2H3,(H2,12,14). The third kappa shape index (κ3) is 4.44. The molecule has 1 heterocycles. The number of primary amides is 1. The Morgan fingerprint density at radius 2 is 2.33 bits per heavy atom. The molecule has 0 aliphatic rings. The molecule has 0 bridgehead atoms.